The zero-order valence-corrected chi connectivity index (χ0v) is 16.0. The van der Waals surface area contributed by atoms with Crippen LogP contribution in [0.4, 0.5) is 16.2 Å². The molecule has 1 spiro atoms. The number of amides is 4. The van der Waals surface area contributed by atoms with E-state index in [0.717, 1.165) is 43.1 Å². The Bertz CT molecular complexity index is 820. The van der Waals surface area contributed by atoms with Crippen LogP contribution >= 0.6 is 11.6 Å². The zero-order chi connectivity index (χ0) is 20.3. The summed E-state index contributed by atoms with van der Waals surface area (Å²) in [4.78, 5) is 48.8. The molecule has 1 aromatic carbocycles. The topological polar surface area (TPSA) is 122 Å². The lowest BCUT2D eigenvalue weighted by molar-refractivity contribution is -0.384. The average Bonchev–Trinajstić information content (AvgIpc) is 2.85. The number of nitrogens with one attached hydrogen (secondary N) is 2. The highest BCUT2D eigenvalue weighted by atomic mass is 35.5. The van der Waals surface area contributed by atoms with Gasteiger partial charge in [-0.05, 0) is 18.9 Å². The molecule has 28 heavy (non-hydrogen) atoms. The number of carbonyl (C=O) groups excluding carboxylic acids is 3. The maximum Gasteiger partial charge on any atom is 0.325 e. The van der Waals surface area contributed by atoms with Gasteiger partial charge in [0.2, 0.25) is 5.91 Å². The number of non-ortho nitro benzene ring substituents is 1. The van der Waals surface area contributed by atoms with Crippen molar-refractivity contribution in [1.29, 1.82) is 0 Å². The largest absolute Gasteiger partial charge is 0.325 e. The number of benzene rings is 1. The van der Waals surface area contributed by atoms with Crippen molar-refractivity contribution in [3.05, 3.63) is 33.3 Å². The van der Waals surface area contributed by atoms with E-state index in [1.54, 1.807) is 0 Å². The number of hydrogen-bond acceptors (Lipinski definition) is 5. The van der Waals surface area contributed by atoms with Gasteiger partial charge in [0.25, 0.3) is 11.6 Å². The normalized spacial score (nSPS) is 19.1. The molecule has 4 amide bonds. The Hall–Kier alpha value is -2.68. The minimum absolute atomic E-state index is 0.0496. The molecular weight excluding hydrogens is 388 g/mol. The number of urea groups is 1. The maximum atomic E-state index is 12.9. The molecule has 0 radical (unpaired) electrons. The number of nitrogens with zero attached hydrogens (tertiary/aromatic N) is 2. The van der Waals surface area contributed by atoms with E-state index in [2.05, 4.69) is 10.6 Å². The van der Waals surface area contributed by atoms with Crippen LogP contribution in [0.2, 0.25) is 5.02 Å². The first-order valence-corrected chi connectivity index (χ1v) is 9.58. The Morgan fingerprint density at radius 2 is 1.86 bits per heavy atom. The second-order valence-corrected chi connectivity index (χ2v) is 7.55. The fourth-order valence-electron chi connectivity index (χ4n) is 3.72. The standard InChI is InChI=1S/C18H21ClN4O5/c19-13-7-6-12(23(27)28)10-14(13)20-15(24)11-22-16(25)18(21-17(22)26)8-4-2-1-3-5-9-18/h6-7,10H,1-5,8-9,11H2,(H,20,24)(H,21,26). The van der Waals surface area contributed by atoms with Crippen LogP contribution in [0.15, 0.2) is 18.2 Å². The summed E-state index contributed by atoms with van der Waals surface area (Å²) >= 11 is 5.97. The third-order valence-corrected chi connectivity index (χ3v) is 5.52. The Kier molecular flexibility index (Phi) is 5.83. The molecule has 150 valence electrons. The second-order valence-electron chi connectivity index (χ2n) is 7.14. The first kappa shape index (κ1) is 20.1. The highest BCUT2D eigenvalue weighted by Crippen LogP contribution is 2.32. The average molecular weight is 409 g/mol. The minimum Gasteiger partial charge on any atom is -0.323 e. The number of nitro groups is 1. The van der Waals surface area contributed by atoms with Crippen LogP contribution in [-0.4, -0.2) is 39.8 Å². The lowest BCUT2D eigenvalue weighted by Crippen LogP contribution is -2.47. The van der Waals surface area contributed by atoms with Crippen molar-refractivity contribution in [2.75, 3.05) is 11.9 Å². The molecule has 9 nitrogen and oxygen atoms in total. The number of anilines is 1. The van der Waals surface area contributed by atoms with E-state index < -0.39 is 28.9 Å². The van der Waals surface area contributed by atoms with Gasteiger partial charge in [0.1, 0.15) is 12.1 Å². The lowest BCUT2D eigenvalue weighted by atomic mass is 9.84. The van der Waals surface area contributed by atoms with Crippen LogP contribution in [-0.2, 0) is 9.59 Å². The van der Waals surface area contributed by atoms with E-state index in [0.29, 0.717) is 12.8 Å². The Morgan fingerprint density at radius 3 is 2.50 bits per heavy atom. The molecular formula is C18H21ClN4O5. The molecule has 2 fully saturated rings. The molecule has 3 rings (SSSR count). The van der Waals surface area contributed by atoms with Crippen molar-refractivity contribution >= 4 is 40.8 Å². The van der Waals surface area contributed by atoms with E-state index in [-0.39, 0.29) is 22.3 Å². The van der Waals surface area contributed by atoms with Crippen molar-refractivity contribution in [3.63, 3.8) is 0 Å². The van der Waals surface area contributed by atoms with Crippen LogP contribution in [0.5, 0.6) is 0 Å². The van der Waals surface area contributed by atoms with Crippen molar-refractivity contribution in [3.8, 4) is 0 Å². The molecule has 2 N–H and O–H groups in total. The van der Waals surface area contributed by atoms with Crippen LogP contribution in [0.25, 0.3) is 0 Å². The highest BCUT2D eigenvalue weighted by molar-refractivity contribution is 6.33. The first-order chi connectivity index (χ1) is 13.3. The number of hydrogen-bond donors (Lipinski definition) is 2. The number of imide groups is 1. The summed E-state index contributed by atoms with van der Waals surface area (Å²) in [6.07, 6.45) is 5.95. The molecule has 1 aliphatic carbocycles. The minimum atomic E-state index is -0.930. The molecule has 1 saturated carbocycles. The molecule has 0 unspecified atom stereocenters. The van der Waals surface area contributed by atoms with Gasteiger partial charge in [-0.25, -0.2) is 4.79 Å². The summed E-state index contributed by atoms with van der Waals surface area (Å²) < 4.78 is 0. The lowest BCUT2D eigenvalue weighted by Gasteiger charge is -2.28. The van der Waals surface area contributed by atoms with Crippen molar-refractivity contribution in [1.82, 2.24) is 10.2 Å². The first-order valence-electron chi connectivity index (χ1n) is 9.20. The fraction of sp³-hybridized carbons (Fsp3) is 0.500. The summed E-state index contributed by atoms with van der Waals surface area (Å²) in [6, 6.07) is 3.05. The number of carbonyl (C=O) groups is 3. The van der Waals surface area contributed by atoms with E-state index >= 15 is 0 Å². The highest BCUT2D eigenvalue weighted by Gasteiger charge is 2.50. The van der Waals surface area contributed by atoms with Gasteiger partial charge in [0.05, 0.1) is 15.6 Å². The third kappa shape index (κ3) is 4.09. The molecule has 2 aliphatic rings. The molecule has 1 saturated heterocycles. The van der Waals surface area contributed by atoms with E-state index in [1.807, 2.05) is 0 Å². The fourth-order valence-corrected chi connectivity index (χ4v) is 3.89. The Morgan fingerprint density at radius 1 is 1.21 bits per heavy atom. The number of halogens is 1. The van der Waals surface area contributed by atoms with E-state index in [9.17, 15) is 24.5 Å². The van der Waals surface area contributed by atoms with Gasteiger partial charge in [-0.2, -0.15) is 0 Å². The summed E-state index contributed by atoms with van der Waals surface area (Å²) in [7, 11) is 0. The van der Waals surface area contributed by atoms with Gasteiger partial charge in [0.15, 0.2) is 0 Å². The third-order valence-electron chi connectivity index (χ3n) is 5.19. The molecule has 0 aromatic heterocycles. The van der Waals surface area contributed by atoms with Gasteiger partial charge in [-0.1, -0.05) is 43.7 Å². The summed E-state index contributed by atoms with van der Waals surface area (Å²) in [6.45, 7) is -0.481. The van der Waals surface area contributed by atoms with Crippen LogP contribution in [0.1, 0.15) is 44.9 Å². The number of rotatable bonds is 4. The van der Waals surface area contributed by atoms with Crippen molar-refractivity contribution < 1.29 is 19.3 Å². The molecule has 1 aromatic rings. The van der Waals surface area contributed by atoms with E-state index in [1.165, 1.54) is 12.1 Å². The van der Waals surface area contributed by atoms with Crippen LogP contribution < -0.4 is 10.6 Å². The summed E-state index contributed by atoms with van der Waals surface area (Å²) in [5.74, 6) is -1.05. The predicted octanol–water partition coefficient (Wildman–Crippen LogP) is 3.22. The second kappa shape index (κ2) is 8.14. The van der Waals surface area contributed by atoms with Gasteiger partial charge in [-0.3, -0.25) is 24.6 Å². The van der Waals surface area contributed by atoms with Gasteiger partial charge in [0, 0.05) is 12.1 Å². The zero-order valence-electron chi connectivity index (χ0n) is 15.2. The number of nitro benzene ring substituents is 1. The van der Waals surface area contributed by atoms with Gasteiger partial charge >= 0.3 is 6.03 Å². The van der Waals surface area contributed by atoms with Crippen LogP contribution in [0.3, 0.4) is 0 Å². The summed E-state index contributed by atoms with van der Waals surface area (Å²) in [5.41, 5.74) is -1.11. The Labute approximate surface area is 166 Å². The van der Waals surface area contributed by atoms with Gasteiger partial charge in [-0.15, -0.1) is 0 Å². The molecule has 10 heteroatoms. The van der Waals surface area contributed by atoms with Crippen molar-refractivity contribution in [2.45, 2.75) is 50.5 Å². The summed E-state index contributed by atoms with van der Waals surface area (Å²) in [5, 5.41) is 16.2. The maximum absolute atomic E-state index is 12.9. The molecule has 1 heterocycles. The molecule has 0 bridgehead atoms. The monoisotopic (exact) mass is 408 g/mol. The molecule has 0 atom stereocenters. The molecule has 1 aliphatic heterocycles. The van der Waals surface area contributed by atoms with Gasteiger partial charge < -0.3 is 10.6 Å². The van der Waals surface area contributed by atoms with Crippen molar-refractivity contribution in [2.24, 2.45) is 0 Å². The predicted molar refractivity (Wildman–Crippen MR) is 102 cm³/mol. The smallest absolute Gasteiger partial charge is 0.323 e. The van der Waals surface area contributed by atoms with E-state index in [4.69, 9.17) is 11.6 Å². The SMILES string of the molecule is O=C(CN1C(=O)NC2(CCCCCCC2)C1=O)Nc1cc([N+](=O)[O-])ccc1Cl. The van der Waals surface area contributed by atoms with Crippen LogP contribution in [0, 0.1) is 10.1 Å². The quantitative estimate of drug-likeness (QED) is 0.450. The Balaban J connectivity index is 1.70.